The maximum atomic E-state index is 13.4. The van der Waals surface area contributed by atoms with Gasteiger partial charge >= 0.3 is 25.6 Å². The maximum Gasteiger partial charge on any atom is 0.407 e. The van der Waals surface area contributed by atoms with Gasteiger partial charge in [-0.05, 0) is 123 Å². The number of unbranched alkanes of at least 4 members (excludes halogenated alkanes) is 14. The van der Waals surface area contributed by atoms with E-state index in [0.717, 1.165) is 60.8 Å². The molecule has 1 aliphatic carbocycles. The Kier molecular flexibility index (Phi) is 31.7. The Morgan fingerprint density at radius 2 is 1.05 bits per heavy atom. The summed E-state index contributed by atoms with van der Waals surface area (Å²) in [6.45, 7) is 17.6. The fourth-order valence-electron chi connectivity index (χ4n) is 9.35. The van der Waals surface area contributed by atoms with Gasteiger partial charge in [0, 0.05) is 31.8 Å². The highest BCUT2D eigenvalue weighted by Gasteiger charge is 2.35. The number of nitrogens with one attached hydrogen (secondary N) is 4. The van der Waals surface area contributed by atoms with Gasteiger partial charge in [0.1, 0.15) is 30.9 Å². The monoisotopic (exact) mass is 1140 g/mol. The first-order valence-corrected chi connectivity index (χ1v) is 31.1. The third-order valence-electron chi connectivity index (χ3n) is 12.9. The van der Waals surface area contributed by atoms with Crippen molar-refractivity contribution < 1.29 is 66.4 Å². The molecule has 5 N–H and O–H groups in total. The minimum Gasteiger partial charge on any atom is -0.480 e. The highest BCUT2D eigenvalue weighted by molar-refractivity contribution is 7.53. The molecule has 80 heavy (non-hydrogen) atoms. The molecule has 4 amide bonds. The van der Waals surface area contributed by atoms with Crippen LogP contribution in [0.3, 0.4) is 0 Å². The van der Waals surface area contributed by atoms with Gasteiger partial charge < -0.3 is 54.4 Å². The first-order chi connectivity index (χ1) is 37.8. The number of alkyl carbamates (subject to hydrolysis) is 1. The van der Waals surface area contributed by atoms with Crippen molar-refractivity contribution in [1.82, 2.24) is 21.3 Å². The van der Waals surface area contributed by atoms with Crippen molar-refractivity contribution in [1.29, 1.82) is 0 Å². The van der Waals surface area contributed by atoms with Gasteiger partial charge in [-0.2, -0.15) is 0 Å². The zero-order valence-corrected chi connectivity index (χ0v) is 50.7. The number of hydrogen-bond acceptors (Lipinski definition) is 13. The smallest absolute Gasteiger partial charge is 0.407 e. The summed E-state index contributed by atoms with van der Waals surface area (Å²) in [6.07, 6.45) is 16.3. The minimum atomic E-state index is -3.16. The molecule has 19 heteroatoms. The predicted octanol–water partition coefficient (Wildman–Crippen LogP) is 11.7. The molecule has 0 saturated heterocycles. The number of rotatable bonds is 41. The number of ether oxygens (including phenoxy) is 4. The summed E-state index contributed by atoms with van der Waals surface area (Å²) in [7, 11) is -3.16. The van der Waals surface area contributed by atoms with E-state index in [2.05, 4.69) is 21.3 Å². The summed E-state index contributed by atoms with van der Waals surface area (Å²) in [5, 5.41) is 20.5. The maximum absolute atomic E-state index is 13.4. The van der Waals surface area contributed by atoms with Crippen LogP contribution in [0.5, 0.6) is 0 Å². The quantitative estimate of drug-likeness (QED) is 0.0236. The molecule has 2 aromatic rings. The Balaban J connectivity index is 1.16. The Morgan fingerprint density at radius 1 is 0.537 bits per heavy atom. The van der Waals surface area contributed by atoms with Gasteiger partial charge in [-0.3, -0.25) is 18.9 Å². The Labute approximate surface area is 477 Å². The molecule has 0 fully saturated rings. The van der Waals surface area contributed by atoms with Crippen LogP contribution >= 0.6 is 7.60 Å². The summed E-state index contributed by atoms with van der Waals surface area (Å²) in [6, 6.07) is 13.8. The van der Waals surface area contributed by atoms with Crippen LogP contribution in [0, 0.1) is 0 Å². The number of fused-ring (bicyclic) bond motifs is 3. The number of hydrogen-bond donors (Lipinski definition) is 5. The van der Waals surface area contributed by atoms with Crippen molar-refractivity contribution in [2.24, 2.45) is 0 Å². The van der Waals surface area contributed by atoms with E-state index in [1.54, 1.807) is 20.8 Å². The van der Waals surface area contributed by atoms with Crippen LogP contribution in [0.1, 0.15) is 208 Å². The lowest BCUT2D eigenvalue weighted by Crippen LogP contribution is -2.44. The number of carbonyl (C=O) groups excluding carboxylic acids is 5. The molecule has 0 heterocycles. The number of carboxylic acids is 1. The third kappa shape index (κ3) is 30.8. The zero-order chi connectivity index (χ0) is 59.0. The molecule has 0 aliphatic heterocycles. The van der Waals surface area contributed by atoms with Crippen molar-refractivity contribution in [3.63, 3.8) is 0 Å². The average molecular weight is 1140 g/mol. The lowest BCUT2D eigenvalue weighted by Gasteiger charge is -2.32. The lowest BCUT2D eigenvalue weighted by molar-refractivity contribution is -0.159. The molecular formula is C61H99N4O14P. The lowest BCUT2D eigenvalue weighted by atomic mass is 9.98. The predicted molar refractivity (Wildman–Crippen MR) is 312 cm³/mol. The van der Waals surface area contributed by atoms with E-state index in [1.807, 2.05) is 90.1 Å². The minimum absolute atomic E-state index is 0.00583. The molecule has 0 spiro atoms. The molecule has 452 valence electrons. The first-order valence-electron chi connectivity index (χ1n) is 29.4. The van der Waals surface area contributed by atoms with Gasteiger partial charge in [-0.25, -0.2) is 14.4 Å². The fourth-order valence-corrected chi connectivity index (χ4v) is 11.8. The van der Waals surface area contributed by atoms with Crippen molar-refractivity contribution in [2.45, 2.75) is 226 Å². The van der Waals surface area contributed by atoms with Gasteiger partial charge in [-0.1, -0.05) is 126 Å². The summed E-state index contributed by atoms with van der Waals surface area (Å²) in [5.41, 5.74) is 2.49. The van der Waals surface area contributed by atoms with E-state index in [1.165, 1.54) is 44.9 Å². The van der Waals surface area contributed by atoms with Crippen LogP contribution in [-0.2, 0) is 56.5 Å². The van der Waals surface area contributed by atoms with Crippen LogP contribution in [0.15, 0.2) is 48.5 Å². The SMILES string of the molecule is CC(C)(C)OC(=O)[C@H](CCC(=O)NCCOCCOCC(=O)NCCCC[C@H](NC(=O)OCC1c2ccccc2-c2ccccc21)C(=O)O)NC(=O)CCCCCCCCCCCCCCCCP(=O)(OC(C)(C)C)OC(C)(C)C. The molecule has 3 rings (SSSR count). The van der Waals surface area contributed by atoms with Crippen LogP contribution < -0.4 is 21.3 Å². The van der Waals surface area contributed by atoms with Crippen molar-refractivity contribution in [2.75, 3.05) is 52.3 Å². The van der Waals surface area contributed by atoms with Crippen molar-refractivity contribution in [3.8, 4) is 11.1 Å². The second-order valence-corrected chi connectivity index (χ2v) is 25.9. The first kappa shape index (κ1) is 69.4. The van der Waals surface area contributed by atoms with Crippen molar-refractivity contribution >= 4 is 43.3 Å². The molecule has 2 atom stereocenters. The topological polar surface area (TPSA) is 243 Å². The Bertz CT molecular complexity index is 2170. The molecule has 0 unspecified atom stereocenters. The van der Waals surface area contributed by atoms with Crippen LogP contribution in [0.2, 0.25) is 0 Å². The molecule has 0 radical (unpaired) electrons. The third-order valence-corrected chi connectivity index (χ3v) is 15.5. The molecular weight excluding hydrogens is 1040 g/mol. The van der Waals surface area contributed by atoms with Crippen LogP contribution in [-0.4, -0.2) is 122 Å². The van der Waals surface area contributed by atoms with Gasteiger partial charge in [0.25, 0.3) is 0 Å². The molecule has 18 nitrogen and oxygen atoms in total. The molecule has 1 aliphatic rings. The van der Waals surface area contributed by atoms with Gasteiger partial charge in [-0.15, -0.1) is 0 Å². The average Bonchev–Trinajstić information content (AvgIpc) is 3.68. The van der Waals surface area contributed by atoms with Crippen LogP contribution in [0.25, 0.3) is 11.1 Å². The van der Waals surface area contributed by atoms with E-state index < -0.39 is 54.5 Å². The zero-order valence-electron chi connectivity index (χ0n) is 49.9. The summed E-state index contributed by atoms with van der Waals surface area (Å²) in [5.74, 6) is -2.80. The number of esters is 1. The van der Waals surface area contributed by atoms with E-state index in [4.69, 9.17) is 28.0 Å². The number of amides is 4. The van der Waals surface area contributed by atoms with Gasteiger partial charge in [0.15, 0.2) is 0 Å². The van der Waals surface area contributed by atoms with Crippen LogP contribution in [0.4, 0.5) is 4.79 Å². The highest BCUT2D eigenvalue weighted by atomic mass is 31.2. The highest BCUT2D eigenvalue weighted by Crippen LogP contribution is 2.55. The second-order valence-electron chi connectivity index (χ2n) is 23.9. The molecule has 0 aromatic heterocycles. The van der Waals surface area contributed by atoms with E-state index in [9.17, 15) is 38.4 Å². The molecule has 2 aromatic carbocycles. The number of benzene rings is 2. The Morgan fingerprint density at radius 3 is 1.59 bits per heavy atom. The summed E-state index contributed by atoms with van der Waals surface area (Å²) >= 11 is 0. The molecule has 0 bridgehead atoms. The number of aliphatic carboxylic acids is 1. The standard InChI is InChI=1S/C61H99N4O14P/c1-59(2,3)77-57(71)52(64-54(67)35-22-20-18-16-14-12-10-11-13-15-17-19-21-29-43-80(73,78-60(4,5)6)79-61(7,8)9)36-37-53(66)63-39-40-74-41-42-75-45-55(68)62-38-28-27-34-51(56(69)70)65-58(72)76-44-50-48-32-25-23-30-46(48)47-31-24-26-33-49(47)50/h23-26,30-33,50-52H,10-22,27-29,34-45H2,1-9H3,(H,62,68)(H,63,66)(H,64,67)(H,65,72)(H,69,70)/t51-,52-/m0/s1. The van der Waals surface area contributed by atoms with Crippen molar-refractivity contribution in [3.05, 3.63) is 59.7 Å². The van der Waals surface area contributed by atoms with Gasteiger partial charge in [0.05, 0.1) is 37.2 Å². The van der Waals surface area contributed by atoms with E-state index in [-0.39, 0.29) is 88.9 Å². The molecule has 0 saturated carbocycles. The fraction of sp³-hybridized carbons (Fsp3) is 0.705. The second kappa shape index (κ2) is 36.6. The summed E-state index contributed by atoms with van der Waals surface area (Å²) < 4.78 is 47.1. The van der Waals surface area contributed by atoms with E-state index in [0.29, 0.717) is 32.0 Å². The number of carboxylic acid groups (broad SMARTS) is 1. The van der Waals surface area contributed by atoms with Gasteiger partial charge in [0.2, 0.25) is 17.7 Å². The van der Waals surface area contributed by atoms with E-state index >= 15 is 0 Å². The summed E-state index contributed by atoms with van der Waals surface area (Å²) in [4.78, 5) is 75.4. The number of carbonyl (C=O) groups is 6. The Hall–Kier alpha value is -4.87. The normalized spacial score (nSPS) is 13.4. The largest absolute Gasteiger partial charge is 0.480 e.